The molecule has 5 rings (SSSR count). The average Bonchev–Trinajstić information content (AvgIpc) is 3.63. The van der Waals surface area contributed by atoms with Crippen LogP contribution in [0.1, 0.15) is 40.9 Å². The molecule has 2 aromatic heterocycles. The highest BCUT2D eigenvalue weighted by atomic mass is 32.2. The normalized spacial score (nSPS) is 12.3. The third-order valence-electron chi connectivity index (χ3n) is 6.29. The van der Waals surface area contributed by atoms with Gasteiger partial charge >= 0.3 is 6.18 Å². The highest BCUT2D eigenvalue weighted by Crippen LogP contribution is 2.34. The molecule has 0 spiro atoms. The molecule has 0 saturated heterocycles. The fraction of sp³-hybridized carbons (Fsp3) is 0.200. The number of oxazole rings is 1. The van der Waals surface area contributed by atoms with Crippen molar-refractivity contribution in [3.63, 3.8) is 0 Å². The number of thioether (sulfide) groups is 1. The first kappa shape index (κ1) is 28.2. The zero-order valence-electron chi connectivity index (χ0n) is 22.0. The number of halogens is 3. The summed E-state index contributed by atoms with van der Waals surface area (Å²) in [5.74, 6) is 0.508. The minimum absolute atomic E-state index is 0.0698. The molecule has 1 amide bonds. The van der Waals surface area contributed by atoms with Crippen LogP contribution in [0.3, 0.4) is 0 Å². The van der Waals surface area contributed by atoms with Crippen LogP contribution in [0.4, 0.5) is 13.2 Å². The van der Waals surface area contributed by atoms with Crippen LogP contribution in [0, 0.1) is 0 Å². The number of hydrogen-bond acceptors (Lipinski definition) is 6. The van der Waals surface area contributed by atoms with E-state index in [1.54, 1.807) is 10.6 Å². The summed E-state index contributed by atoms with van der Waals surface area (Å²) >= 11 is 1.19. The highest BCUT2D eigenvalue weighted by Gasteiger charge is 2.31. The summed E-state index contributed by atoms with van der Waals surface area (Å²) in [7, 11) is 0. The average molecular weight is 578 g/mol. The topological polar surface area (TPSA) is 85.8 Å². The van der Waals surface area contributed by atoms with Crippen LogP contribution in [0.25, 0.3) is 17.1 Å². The largest absolute Gasteiger partial charge is 0.447 e. The van der Waals surface area contributed by atoms with Crippen LogP contribution in [-0.4, -0.2) is 31.7 Å². The Morgan fingerprint density at radius 1 is 1.00 bits per heavy atom. The smallest absolute Gasteiger partial charge is 0.416 e. The molecule has 3 aromatic carbocycles. The van der Waals surface area contributed by atoms with Gasteiger partial charge < -0.3 is 9.73 Å². The van der Waals surface area contributed by atoms with Gasteiger partial charge in [0.05, 0.1) is 17.0 Å². The maximum Gasteiger partial charge on any atom is 0.416 e. The molecular formula is C30H26F3N5O2S. The molecule has 1 N–H and O–H groups in total. The van der Waals surface area contributed by atoms with Gasteiger partial charge in [0.25, 0.3) is 5.91 Å². The van der Waals surface area contributed by atoms with Crippen LogP contribution in [0.15, 0.2) is 101 Å². The SMILES string of the molecule is CC(CCc1ccccc1)NC(=O)c1coc(CSc2nnc(-c3ccccc3)n2-c2cccc(C(F)(F)F)c2)n1. The van der Waals surface area contributed by atoms with Crippen molar-refractivity contribution in [1.82, 2.24) is 25.1 Å². The molecule has 210 valence electrons. The summed E-state index contributed by atoms with van der Waals surface area (Å²) in [5.41, 5.74) is 1.53. The Kier molecular flexibility index (Phi) is 8.53. The minimum Gasteiger partial charge on any atom is -0.447 e. The predicted octanol–water partition coefficient (Wildman–Crippen LogP) is 6.98. The van der Waals surface area contributed by atoms with E-state index in [0.717, 1.165) is 25.0 Å². The van der Waals surface area contributed by atoms with Gasteiger partial charge in [-0.2, -0.15) is 13.2 Å². The summed E-state index contributed by atoms with van der Waals surface area (Å²) in [4.78, 5) is 17.0. The molecule has 0 bridgehead atoms. The summed E-state index contributed by atoms with van der Waals surface area (Å²) in [6.07, 6.45) is -1.60. The second kappa shape index (κ2) is 12.4. The Labute approximate surface area is 238 Å². The lowest BCUT2D eigenvalue weighted by Gasteiger charge is -2.13. The zero-order chi connectivity index (χ0) is 28.8. The second-order valence-corrected chi connectivity index (χ2v) is 10.3. The third kappa shape index (κ3) is 7.04. The van der Waals surface area contributed by atoms with E-state index in [1.807, 2.05) is 67.6 Å². The maximum absolute atomic E-state index is 13.5. The summed E-state index contributed by atoms with van der Waals surface area (Å²) in [5, 5.41) is 11.8. The Bertz CT molecular complexity index is 1600. The maximum atomic E-state index is 13.5. The van der Waals surface area contributed by atoms with Crippen molar-refractivity contribution in [3.8, 4) is 17.1 Å². The highest BCUT2D eigenvalue weighted by molar-refractivity contribution is 7.98. The number of aromatic nitrogens is 4. The zero-order valence-corrected chi connectivity index (χ0v) is 22.8. The number of hydrogen-bond donors (Lipinski definition) is 1. The first-order chi connectivity index (χ1) is 19.8. The Balaban J connectivity index is 1.30. The van der Waals surface area contributed by atoms with E-state index < -0.39 is 11.7 Å². The van der Waals surface area contributed by atoms with Gasteiger partial charge in [-0.15, -0.1) is 10.2 Å². The third-order valence-corrected chi connectivity index (χ3v) is 7.21. The fourth-order valence-corrected chi connectivity index (χ4v) is 5.00. The number of nitrogens with one attached hydrogen (secondary N) is 1. The molecule has 7 nitrogen and oxygen atoms in total. The number of carbonyl (C=O) groups excluding carboxylic acids is 1. The number of alkyl halides is 3. The standard InChI is InChI=1S/C30H26F3N5O2S/c1-20(15-16-21-9-4-2-5-10-21)34-28(39)25-18-40-26(35-25)19-41-29-37-36-27(22-11-6-3-7-12-22)38(29)24-14-8-13-23(17-24)30(31,32)33/h2-14,17-18,20H,15-16,19H2,1H3,(H,34,39). The quantitative estimate of drug-likeness (QED) is 0.180. The monoisotopic (exact) mass is 577 g/mol. The molecule has 0 aliphatic heterocycles. The lowest BCUT2D eigenvalue weighted by atomic mass is 10.1. The molecule has 1 unspecified atom stereocenters. The minimum atomic E-state index is -4.50. The van der Waals surface area contributed by atoms with Crippen molar-refractivity contribution in [1.29, 1.82) is 0 Å². The van der Waals surface area contributed by atoms with Crippen molar-refractivity contribution in [2.45, 2.75) is 42.9 Å². The van der Waals surface area contributed by atoms with E-state index >= 15 is 0 Å². The Morgan fingerprint density at radius 3 is 2.46 bits per heavy atom. The van der Waals surface area contributed by atoms with Crippen LogP contribution in [0.2, 0.25) is 0 Å². The fourth-order valence-electron chi connectivity index (χ4n) is 4.20. The van der Waals surface area contributed by atoms with Crippen molar-refractivity contribution >= 4 is 17.7 Å². The van der Waals surface area contributed by atoms with E-state index in [0.29, 0.717) is 16.5 Å². The van der Waals surface area contributed by atoms with E-state index in [4.69, 9.17) is 4.42 Å². The second-order valence-electron chi connectivity index (χ2n) is 9.37. The molecule has 11 heteroatoms. The summed E-state index contributed by atoms with van der Waals surface area (Å²) < 4.78 is 47.5. The number of amides is 1. The van der Waals surface area contributed by atoms with Gasteiger partial charge in [0.2, 0.25) is 5.89 Å². The van der Waals surface area contributed by atoms with Gasteiger partial charge in [-0.3, -0.25) is 9.36 Å². The Hall–Kier alpha value is -4.38. The molecule has 5 aromatic rings. The van der Waals surface area contributed by atoms with Gasteiger partial charge in [0.15, 0.2) is 16.7 Å². The van der Waals surface area contributed by atoms with Crippen molar-refractivity contribution in [2.24, 2.45) is 0 Å². The molecule has 0 saturated carbocycles. The lowest BCUT2D eigenvalue weighted by Crippen LogP contribution is -2.33. The van der Waals surface area contributed by atoms with Crippen LogP contribution < -0.4 is 5.32 Å². The number of nitrogens with zero attached hydrogens (tertiary/aromatic N) is 4. The first-order valence-corrected chi connectivity index (χ1v) is 13.9. The van der Waals surface area contributed by atoms with Crippen LogP contribution in [-0.2, 0) is 18.3 Å². The van der Waals surface area contributed by atoms with E-state index in [-0.39, 0.29) is 35.0 Å². The van der Waals surface area contributed by atoms with Gasteiger partial charge in [0, 0.05) is 11.6 Å². The lowest BCUT2D eigenvalue weighted by molar-refractivity contribution is -0.137. The van der Waals surface area contributed by atoms with Gasteiger partial charge in [0.1, 0.15) is 6.26 Å². The van der Waals surface area contributed by atoms with Crippen molar-refractivity contribution in [3.05, 3.63) is 114 Å². The number of rotatable bonds is 10. The molecule has 0 aliphatic carbocycles. The first-order valence-electron chi connectivity index (χ1n) is 12.9. The summed E-state index contributed by atoms with van der Waals surface area (Å²) in [6, 6.07) is 24.0. The predicted molar refractivity (Wildman–Crippen MR) is 150 cm³/mol. The molecule has 1 atom stereocenters. The molecule has 2 heterocycles. The van der Waals surface area contributed by atoms with Crippen molar-refractivity contribution < 1.29 is 22.4 Å². The molecule has 0 radical (unpaired) electrons. The van der Waals surface area contributed by atoms with E-state index in [9.17, 15) is 18.0 Å². The summed E-state index contributed by atoms with van der Waals surface area (Å²) in [6.45, 7) is 1.93. The number of aryl methyl sites for hydroxylation is 1. The molecular weight excluding hydrogens is 551 g/mol. The van der Waals surface area contributed by atoms with Gasteiger partial charge in [-0.25, -0.2) is 4.98 Å². The van der Waals surface area contributed by atoms with E-state index in [1.165, 1.54) is 29.7 Å². The number of carbonyl (C=O) groups is 1. The molecule has 41 heavy (non-hydrogen) atoms. The van der Waals surface area contributed by atoms with Gasteiger partial charge in [-0.1, -0.05) is 78.5 Å². The van der Waals surface area contributed by atoms with Crippen LogP contribution >= 0.6 is 11.8 Å². The van der Waals surface area contributed by atoms with Crippen LogP contribution in [0.5, 0.6) is 0 Å². The molecule has 0 fully saturated rings. The van der Waals surface area contributed by atoms with Crippen molar-refractivity contribution in [2.75, 3.05) is 0 Å². The van der Waals surface area contributed by atoms with Gasteiger partial charge in [-0.05, 0) is 43.5 Å². The van der Waals surface area contributed by atoms with E-state index in [2.05, 4.69) is 20.5 Å². The number of benzene rings is 3. The molecule has 0 aliphatic rings. The Morgan fingerprint density at radius 2 is 1.73 bits per heavy atom.